The molecule has 2 aliphatic rings. The number of anilines is 2. The predicted molar refractivity (Wildman–Crippen MR) is 144 cm³/mol. The number of piperidine rings is 1. The molecule has 0 bridgehead atoms. The fourth-order valence-corrected chi connectivity index (χ4v) is 4.97. The zero-order valence-corrected chi connectivity index (χ0v) is 22.0. The van der Waals surface area contributed by atoms with Gasteiger partial charge in [0.1, 0.15) is 17.7 Å². The Bertz CT molecular complexity index is 1330. The van der Waals surface area contributed by atoms with E-state index in [9.17, 15) is 9.59 Å². The Hall–Kier alpha value is -3.65. The first kappa shape index (κ1) is 25.0. The minimum atomic E-state index is -0.500. The van der Waals surface area contributed by atoms with Gasteiger partial charge in [-0.15, -0.1) is 0 Å². The highest BCUT2D eigenvalue weighted by Crippen LogP contribution is 2.34. The molecule has 2 aliphatic heterocycles. The van der Waals surface area contributed by atoms with E-state index in [1.54, 1.807) is 15.9 Å². The zero-order valence-electron chi connectivity index (χ0n) is 21.2. The first-order valence-electron chi connectivity index (χ1n) is 12.4. The summed E-state index contributed by atoms with van der Waals surface area (Å²) in [7, 11) is 0. The van der Waals surface area contributed by atoms with Crippen LogP contribution in [0.1, 0.15) is 49.5 Å². The number of nitrogens with zero attached hydrogens (tertiary/aromatic N) is 4. The number of benzene rings is 2. The Labute approximate surface area is 221 Å². The van der Waals surface area contributed by atoms with Gasteiger partial charge in [0.2, 0.25) is 0 Å². The number of carbonyl (C=O) groups excluding carboxylic acids is 2. The predicted octanol–water partition coefficient (Wildman–Crippen LogP) is 5.77. The highest BCUT2D eigenvalue weighted by atomic mass is 35.5. The van der Waals surface area contributed by atoms with Crippen LogP contribution in [0.4, 0.5) is 16.3 Å². The van der Waals surface area contributed by atoms with Gasteiger partial charge in [-0.25, -0.2) is 14.8 Å². The van der Waals surface area contributed by atoms with Crippen molar-refractivity contribution < 1.29 is 14.3 Å². The van der Waals surface area contributed by atoms with Crippen LogP contribution in [-0.4, -0.2) is 51.6 Å². The normalized spacial score (nSPS) is 16.1. The van der Waals surface area contributed by atoms with Gasteiger partial charge in [-0.2, -0.15) is 0 Å². The Kier molecular flexibility index (Phi) is 6.77. The number of nitrogens with one attached hydrogen (secondary N) is 1. The van der Waals surface area contributed by atoms with Gasteiger partial charge in [0.05, 0.1) is 22.8 Å². The molecule has 0 atom stereocenters. The van der Waals surface area contributed by atoms with E-state index in [-0.39, 0.29) is 18.0 Å². The van der Waals surface area contributed by atoms with E-state index in [0.717, 1.165) is 41.2 Å². The SMILES string of the molecule is CC(C)(C)OC(=O)N1CCC(Nc2cc(-c3cccc(N4Cc5cccc(Cl)c5C4=O)c3)ncn2)CC1. The maximum absolute atomic E-state index is 13.0. The summed E-state index contributed by atoms with van der Waals surface area (Å²) in [6, 6.07) is 15.4. The van der Waals surface area contributed by atoms with Crippen LogP contribution in [0, 0.1) is 0 Å². The maximum atomic E-state index is 13.0. The van der Waals surface area contributed by atoms with Crippen LogP contribution < -0.4 is 10.2 Å². The lowest BCUT2D eigenvalue weighted by Gasteiger charge is -2.33. The van der Waals surface area contributed by atoms with E-state index in [2.05, 4.69) is 15.3 Å². The number of likely N-dealkylation sites (tertiary alicyclic amines) is 1. The molecule has 0 saturated carbocycles. The van der Waals surface area contributed by atoms with E-state index in [1.165, 1.54) is 6.33 Å². The van der Waals surface area contributed by atoms with Crippen molar-refractivity contribution in [2.24, 2.45) is 0 Å². The van der Waals surface area contributed by atoms with Gasteiger partial charge in [-0.1, -0.05) is 35.9 Å². The molecule has 1 saturated heterocycles. The lowest BCUT2D eigenvalue weighted by Crippen LogP contribution is -2.44. The lowest BCUT2D eigenvalue weighted by molar-refractivity contribution is 0.0210. The van der Waals surface area contributed by atoms with Gasteiger partial charge >= 0.3 is 6.09 Å². The summed E-state index contributed by atoms with van der Waals surface area (Å²) in [6.45, 7) is 7.36. The van der Waals surface area contributed by atoms with Crippen LogP contribution in [-0.2, 0) is 11.3 Å². The Balaban J connectivity index is 1.25. The lowest BCUT2D eigenvalue weighted by atomic mass is 10.1. The zero-order chi connectivity index (χ0) is 26.2. The number of hydrogen-bond donors (Lipinski definition) is 1. The van der Waals surface area contributed by atoms with Gasteiger partial charge in [-0.05, 0) is 57.4 Å². The van der Waals surface area contributed by atoms with Gasteiger partial charge < -0.3 is 19.9 Å². The molecule has 1 fully saturated rings. The Morgan fingerprint density at radius 1 is 1.08 bits per heavy atom. The molecule has 8 nitrogen and oxygen atoms in total. The number of rotatable bonds is 4. The highest BCUT2D eigenvalue weighted by Gasteiger charge is 2.31. The molecule has 192 valence electrons. The summed E-state index contributed by atoms with van der Waals surface area (Å²) < 4.78 is 5.49. The van der Waals surface area contributed by atoms with Crippen LogP contribution >= 0.6 is 11.6 Å². The molecular formula is C28H30ClN5O3. The molecule has 0 radical (unpaired) electrons. The summed E-state index contributed by atoms with van der Waals surface area (Å²) in [6.07, 6.45) is 2.87. The highest BCUT2D eigenvalue weighted by molar-refractivity contribution is 6.35. The molecule has 0 spiro atoms. The number of aromatic nitrogens is 2. The maximum Gasteiger partial charge on any atom is 0.410 e. The average molecular weight is 520 g/mol. The third kappa shape index (κ3) is 5.54. The van der Waals surface area contributed by atoms with E-state index in [4.69, 9.17) is 16.3 Å². The number of amides is 2. The topological polar surface area (TPSA) is 87.7 Å². The van der Waals surface area contributed by atoms with E-state index in [1.807, 2.05) is 63.2 Å². The smallest absolute Gasteiger partial charge is 0.410 e. The monoisotopic (exact) mass is 519 g/mol. The molecule has 9 heteroatoms. The Morgan fingerprint density at radius 3 is 2.57 bits per heavy atom. The van der Waals surface area contributed by atoms with Crippen molar-refractivity contribution >= 4 is 35.1 Å². The summed E-state index contributed by atoms with van der Waals surface area (Å²) in [5, 5.41) is 3.96. The molecule has 1 aromatic heterocycles. The van der Waals surface area contributed by atoms with Crippen molar-refractivity contribution in [1.82, 2.24) is 14.9 Å². The number of carbonyl (C=O) groups is 2. The van der Waals surface area contributed by atoms with Crippen LogP contribution in [0.25, 0.3) is 11.3 Å². The van der Waals surface area contributed by atoms with E-state index < -0.39 is 5.60 Å². The second kappa shape index (κ2) is 10.0. The van der Waals surface area contributed by atoms with Crippen LogP contribution in [0.2, 0.25) is 5.02 Å². The molecule has 37 heavy (non-hydrogen) atoms. The van der Waals surface area contributed by atoms with Gasteiger partial charge in [0.15, 0.2) is 0 Å². The quantitative estimate of drug-likeness (QED) is 0.471. The largest absolute Gasteiger partial charge is 0.444 e. The molecule has 3 aromatic rings. The fourth-order valence-electron chi connectivity index (χ4n) is 4.69. The first-order chi connectivity index (χ1) is 17.7. The minimum absolute atomic E-state index is 0.0967. The number of fused-ring (bicyclic) bond motifs is 1. The summed E-state index contributed by atoms with van der Waals surface area (Å²) >= 11 is 6.29. The van der Waals surface area contributed by atoms with Crippen molar-refractivity contribution in [3.63, 3.8) is 0 Å². The van der Waals surface area contributed by atoms with Crippen molar-refractivity contribution in [3.05, 3.63) is 71.0 Å². The van der Waals surface area contributed by atoms with E-state index in [0.29, 0.717) is 30.2 Å². The average Bonchev–Trinajstić information content (AvgIpc) is 3.21. The second-order valence-electron chi connectivity index (χ2n) is 10.4. The molecule has 0 aliphatic carbocycles. The Morgan fingerprint density at radius 2 is 1.84 bits per heavy atom. The molecule has 1 N–H and O–H groups in total. The van der Waals surface area contributed by atoms with Gasteiger partial charge in [-0.3, -0.25) is 4.79 Å². The van der Waals surface area contributed by atoms with Crippen LogP contribution in [0.3, 0.4) is 0 Å². The first-order valence-corrected chi connectivity index (χ1v) is 12.8. The summed E-state index contributed by atoms with van der Waals surface area (Å²) in [5.41, 5.74) is 3.43. The summed E-state index contributed by atoms with van der Waals surface area (Å²) in [5.74, 6) is 0.628. The molecule has 3 heterocycles. The minimum Gasteiger partial charge on any atom is -0.444 e. The molecule has 2 amide bonds. The van der Waals surface area contributed by atoms with Crippen molar-refractivity contribution in [2.75, 3.05) is 23.3 Å². The van der Waals surface area contributed by atoms with Crippen molar-refractivity contribution in [1.29, 1.82) is 0 Å². The fraction of sp³-hybridized carbons (Fsp3) is 0.357. The molecule has 0 unspecified atom stereocenters. The van der Waals surface area contributed by atoms with Gasteiger partial charge in [0, 0.05) is 36.4 Å². The third-order valence-electron chi connectivity index (χ3n) is 6.51. The number of hydrogen-bond acceptors (Lipinski definition) is 6. The van der Waals surface area contributed by atoms with Crippen molar-refractivity contribution in [3.8, 4) is 11.3 Å². The summed E-state index contributed by atoms with van der Waals surface area (Å²) in [4.78, 5) is 37.7. The number of ether oxygens (including phenoxy) is 1. The van der Waals surface area contributed by atoms with Gasteiger partial charge in [0.25, 0.3) is 5.91 Å². The molecule has 2 aromatic carbocycles. The second-order valence-corrected chi connectivity index (χ2v) is 10.8. The van der Waals surface area contributed by atoms with E-state index >= 15 is 0 Å². The molecule has 5 rings (SSSR count). The third-order valence-corrected chi connectivity index (χ3v) is 6.82. The number of halogens is 1. The van der Waals surface area contributed by atoms with Crippen LogP contribution in [0.5, 0.6) is 0 Å². The molecular weight excluding hydrogens is 490 g/mol. The van der Waals surface area contributed by atoms with Crippen LogP contribution in [0.15, 0.2) is 54.9 Å². The standard InChI is InChI=1S/C28H30ClN5O3/c1-28(2,3)37-27(36)33-12-10-20(11-13-33)32-24-15-23(30-17-31-24)18-6-4-8-21(14-18)34-16-19-7-5-9-22(29)25(19)26(34)35/h4-9,14-15,17,20H,10-13,16H2,1-3H3,(H,30,31,32). The van der Waals surface area contributed by atoms with Crippen molar-refractivity contribution in [2.45, 2.75) is 51.8 Å².